The minimum atomic E-state index is -0.537. The van der Waals surface area contributed by atoms with E-state index in [-0.39, 0.29) is 34.8 Å². The van der Waals surface area contributed by atoms with Crippen molar-refractivity contribution in [2.45, 2.75) is 64.2 Å². The van der Waals surface area contributed by atoms with Gasteiger partial charge in [-0.1, -0.05) is 44.2 Å². The fraction of sp³-hybridized carbons (Fsp3) is 0.500. The molecule has 0 saturated carbocycles. The Kier molecular flexibility index (Phi) is 9.23. The molecule has 0 bridgehead atoms. The van der Waals surface area contributed by atoms with E-state index in [0.717, 1.165) is 6.42 Å². The van der Waals surface area contributed by atoms with Crippen LogP contribution >= 0.6 is 11.8 Å². The number of hydrogen-bond acceptors (Lipinski definition) is 6. The number of nitrogens with one attached hydrogen (secondary N) is 1. The summed E-state index contributed by atoms with van der Waals surface area (Å²) in [7, 11) is 0. The van der Waals surface area contributed by atoms with E-state index in [1.807, 2.05) is 19.9 Å². The molecule has 31 heavy (non-hydrogen) atoms. The van der Waals surface area contributed by atoms with E-state index in [9.17, 15) is 19.2 Å². The molecule has 0 saturated heterocycles. The number of hydrogen-bond donors (Lipinski definition) is 2. The molecule has 0 radical (unpaired) electrons. The van der Waals surface area contributed by atoms with Crippen LogP contribution in [-0.4, -0.2) is 38.9 Å². The van der Waals surface area contributed by atoms with E-state index in [1.165, 1.54) is 18.7 Å². The quantitative estimate of drug-likeness (QED) is 0.293. The first kappa shape index (κ1) is 24.6. The van der Waals surface area contributed by atoms with Crippen LogP contribution in [0.2, 0.25) is 0 Å². The second-order valence-electron chi connectivity index (χ2n) is 7.83. The van der Waals surface area contributed by atoms with Crippen LogP contribution in [0.25, 0.3) is 10.9 Å². The van der Waals surface area contributed by atoms with E-state index in [2.05, 4.69) is 10.3 Å². The summed E-state index contributed by atoms with van der Waals surface area (Å²) in [5, 5.41) is 3.73. The summed E-state index contributed by atoms with van der Waals surface area (Å²) < 4.78 is 1.58. The molecule has 2 aromatic rings. The molecule has 1 aromatic heterocycles. The fourth-order valence-corrected chi connectivity index (χ4v) is 4.12. The predicted octanol–water partition coefficient (Wildman–Crippen LogP) is 2.26. The highest BCUT2D eigenvalue weighted by Crippen LogP contribution is 2.19. The predicted molar refractivity (Wildman–Crippen MR) is 122 cm³/mol. The van der Waals surface area contributed by atoms with Gasteiger partial charge in [-0.05, 0) is 37.8 Å². The van der Waals surface area contributed by atoms with Crippen molar-refractivity contribution in [3.63, 3.8) is 0 Å². The Labute approximate surface area is 186 Å². The van der Waals surface area contributed by atoms with Crippen molar-refractivity contribution in [1.29, 1.82) is 0 Å². The second-order valence-corrected chi connectivity index (χ2v) is 8.78. The molecule has 8 nitrogen and oxygen atoms in total. The second kappa shape index (κ2) is 11.6. The van der Waals surface area contributed by atoms with Gasteiger partial charge in [-0.15, -0.1) is 0 Å². The number of benzene rings is 1. The van der Waals surface area contributed by atoms with Gasteiger partial charge in [0.2, 0.25) is 11.8 Å². The average molecular weight is 447 g/mol. The highest BCUT2D eigenvalue weighted by Gasteiger charge is 2.21. The van der Waals surface area contributed by atoms with Crippen molar-refractivity contribution in [1.82, 2.24) is 14.9 Å². The van der Waals surface area contributed by atoms with Gasteiger partial charge in [-0.3, -0.25) is 23.7 Å². The van der Waals surface area contributed by atoms with Crippen LogP contribution in [0.15, 0.2) is 34.2 Å². The largest absolute Gasteiger partial charge is 0.370 e. The average Bonchev–Trinajstić information content (AvgIpc) is 2.71. The van der Waals surface area contributed by atoms with Gasteiger partial charge in [-0.25, -0.2) is 4.98 Å². The van der Waals surface area contributed by atoms with Gasteiger partial charge in [0.25, 0.3) is 5.56 Å². The number of carbonyl (C=O) groups excluding carboxylic acids is 3. The molecule has 1 atom stereocenters. The van der Waals surface area contributed by atoms with Crippen LogP contribution in [0.4, 0.5) is 0 Å². The number of nitrogens with zero attached hydrogens (tertiary/aromatic N) is 2. The zero-order valence-electron chi connectivity index (χ0n) is 18.2. The highest BCUT2D eigenvalue weighted by atomic mass is 32.2. The molecule has 1 aromatic carbocycles. The molecule has 2 rings (SSSR count). The Morgan fingerprint density at radius 1 is 1.16 bits per heavy atom. The number of amides is 2. The number of rotatable bonds is 12. The fourth-order valence-electron chi connectivity index (χ4n) is 3.28. The van der Waals surface area contributed by atoms with Crippen LogP contribution in [0.3, 0.4) is 0 Å². The number of aromatic nitrogens is 2. The lowest BCUT2D eigenvalue weighted by Crippen LogP contribution is -2.44. The first-order valence-electron chi connectivity index (χ1n) is 10.4. The molecule has 9 heteroatoms. The highest BCUT2D eigenvalue weighted by molar-refractivity contribution is 7.99. The van der Waals surface area contributed by atoms with Gasteiger partial charge in [-0.2, -0.15) is 0 Å². The lowest BCUT2D eigenvalue weighted by molar-refractivity contribution is -0.126. The third-order valence-corrected chi connectivity index (χ3v) is 5.86. The maximum Gasteiger partial charge on any atom is 0.262 e. The minimum Gasteiger partial charge on any atom is -0.370 e. The number of unbranched alkanes of at least 4 members (excludes halogenated alkanes) is 2. The van der Waals surface area contributed by atoms with Gasteiger partial charge in [0.1, 0.15) is 0 Å². The van der Waals surface area contributed by atoms with Crippen LogP contribution in [0.1, 0.15) is 46.5 Å². The summed E-state index contributed by atoms with van der Waals surface area (Å²) in [5.74, 6) is -0.677. The first-order valence-corrected chi connectivity index (χ1v) is 11.4. The number of Topliss-reactive ketones (excluding diaryl/α,β-unsaturated/α-hetero) is 1. The zero-order valence-corrected chi connectivity index (χ0v) is 19.0. The molecule has 3 N–H and O–H groups in total. The third-order valence-electron chi connectivity index (χ3n) is 4.88. The number of ketones is 1. The van der Waals surface area contributed by atoms with Gasteiger partial charge < -0.3 is 11.1 Å². The number of nitrogens with two attached hydrogens (primary N) is 1. The number of carbonyl (C=O) groups is 3. The zero-order chi connectivity index (χ0) is 23.0. The van der Waals surface area contributed by atoms with Crippen LogP contribution < -0.4 is 16.6 Å². The lowest BCUT2D eigenvalue weighted by atomic mass is 10.0. The Morgan fingerprint density at radius 2 is 1.87 bits per heavy atom. The molecule has 0 aliphatic rings. The van der Waals surface area contributed by atoms with Crippen molar-refractivity contribution in [2.24, 2.45) is 11.7 Å². The molecule has 0 spiro atoms. The third kappa shape index (κ3) is 7.20. The van der Waals surface area contributed by atoms with Crippen LogP contribution in [0, 0.1) is 5.92 Å². The topological polar surface area (TPSA) is 124 Å². The van der Waals surface area contributed by atoms with Gasteiger partial charge in [0, 0.05) is 13.0 Å². The Hall–Kier alpha value is -2.68. The van der Waals surface area contributed by atoms with Gasteiger partial charge >= 0.3 is 0 Å². The van der Waals surface area contributed by atoms with Gasteiger partial charge in [0.05, 0.1) is 22.7 Å². The van der Waals surface area contributed by atoms with E-state index in [0.29, 0.717) is 41.9 Å². The van der Waals surface area contributed by atoms with E-state index in [1.54, 1.807) is 22.8 Å². The molecule has 0 aliphatic heterocycles. The van der Waals surface area contributed by atoms with Crippen molar-refractivity contribution >= 4 is 40.3 Å². The van der Waals surface area contributed by atoms with Gasteiger partial charge in [0.15, 0.2) is 10.9 Å². The van der Waals surface area contributed by atoms with Crippen LogP contribution in [-0.2, 0) is 20.9 Å². The van der Waals surface area contributed by atoms with Crippen molar-refractivity contribution in [2.75, 3.05) is 5.75 Å². The Morgan fingerprint density at radius 3 is 2.52 bits per heavy atom. The summed E-state index contributed by atoms with van der Waals surface area (Å²) in [4.78, 5) is 52.7. The molecule has 0 aliphatic carbocycles. The van der Waals surface area contributed by atoms with Crippen molar-refractivity contribution < 1.29 is 14.4 Å². The van der Waals surface area contributed by atoms with Crippen molar-refractivity contribution in [3.05, 3.63) is 34.6 Å². The molecular formula is C22H30N4O4S. The molecule has 168 valence electrons. The summed E-state index contributed by atoms with van der Waals surface area (Å²) in [6.45, 7) is 5.64. The Balaban J connectivity index is 2.16. The number of para-hydroxylation sites is 1. The standard InChI is InChI=1S/C22H30N4O4S/c1-14(2)20(15(3)27)25-19(29)13-31-22-24-17-10-7-6-9-16(17)21(30)26(22)12-8-4-5-11-18(23)28/h6-7,9-10,14,20H,4-5,8,11-13H2,1-3H3,(H2,23,28)(H,25,29). The van der Waals surface area contributed by atoms with E-state index >= 15 is 0 Å². The SMILES string of the molecule is CC(=O)C(NC(=O)CSc1nc2ccccc2c(=O)n1CCCCCC(N)=O)C(C)C. The summed E-state index contributed by atoms with van der Waals surface area (Å²) >= 11 is 1.17. The first-order chi connectivity index (χ1) is 14.7. The number of fused-ring (bicyclic) bond motifs is 1. The molecular weight excluding hydrogens is 416 g/mol. The molecule has 0 fully saturated rings. The van der Waals surface area contributed by atoms with E-state index in [4.69, 9.17) is 5.73 Å². The summed E-state index contributed by atoms with van der Waals surface area (Å²) in [5.41, 5.74) is 5.58. The maximum atomic E-state index is 13.0. The molecule has 1 unspecified atom stereocenters. The lowest BCUT2D eigenvalue weighted by Gasteiger charge is -2.19. The number of thioether (sulfide) groups is 1. The molecule has 1 heterocycles. The summed E-state index contributed by atoms with van der Waals surface area (Å²) in [6, 6.07) is 6.56. The number of primary amides is 1. The smallest absolute Gasteiger partial charge is 0.262 e. The van der Waals surface area contributed by atoms with E-state index < -0.39 is 6.04 Å². The van der Waals surface area contributed by atoms with Crippen molar-refractivity contribution in [3.8, 4) is 0 Å². The van der Waals surface area contributed by atoms with Crippen LogP contribution in [0.5, 0.6) is 0 Å². The summed E-state index contributed by atoms with van der Waals surface area (Å²) in [6.07, 6.45) is 2.42. The normalized spacial score (nSPS) is 12.1. The minimum absolute atomic E-state index is 0.0103. The molecule has 2 amide bonds. The monoisotopic (exact) mass is 446 g/mol. The maximum absolute atomic E-state index is 13.0. The Bertz CT molecular complexity index is 1000.